The maximum atomic E-state index is 11.2. The number of carbonyl (C=O) groups excluding carboxylic acids is 1. The van der Waals surface area contributed by atoms with Gasteiger partial charge in [-0.1, -0.05) is 12.1 Å². The lowest BCUT2D eigenvalue weighted by Crippen LogP contribution is -2.35. The molecule has 0 radical (unpaired) electrons. The van der Waals surface area contributed by atoms with Crippen LogP contribution in [0.5, 0.6) is 0 Å². The molecule has 1 unspecified atom stereocenters. The highest BCUT2D eigenvalue weighted by Crippen LogP contribution is 2.13. The van der Waals surface area contributed by atoms with Crippen LogP contribution >= 0.6 is 11.8 Å². The molecule has 0 aliphatic heterocycles. The van der Waals surface area contributed by atoms with Crippen LogP contribution in [0.15, 0.2) is 24.3 Å². The van der Waals surface area contributed by atoms with Crippen molar-refractivity contribution in [2.75, 3.05) is 17.3 Å². The Morgan fingerprint density at radius 2 is 2.31 bits per heavy atom. The van der Waals surface area contributed by atoms with E-state index in [1.54, 1.807) is 11.8 Å². The molecule has 3 nitrogen and oxygen atoms in total. The van der Waals surface area contributed by atoms with Crippen LogP contribution in [0.25, 0.3) is 0 Å². The molecule has 0 saturated heterocycles. The lowest BCUT2D eigenvalue weighted by Gasteiger charge is -2.16. The number of carbonyl (C=O) groups is 1. The predicted octanol–water partition coefficient (Wildman–Crippen LogP) is 2.01. The number of hydrogen-bond acceptors (Lipinski definition) is 3. The average Bonchev–Trinajstić information content (AvgIpc) is 2.24. The normalized spacial score (nSPS) is 12.1. The molecule has 0 heterocycles. The van der Waals surface area contributed by atoms with Crippen molar-refractivity contribution in [3.63, 3.8) is 0 Å². The third-order valence-corrected chi connectivity index (χ3v) is 2.96. The maximum absolute atomic E-state index is 11.2. The molecule has 88 valence electrons. The molecule has 1 aromatic carbocycles. The highest BCUT2D eigenvalue weighted by Gasteiger charge is 2.14. The van der Waals surface area contributed by atoms with E-state index in [-0.39, 0.29) is 11.9 Å². The van der Waals surface area contributed by atoms with Crippen molar-refractivity contribution in [1.82, 2.24) is 0 Å². The molecule has 0 bridgehead atoms. The minimum absolute atomic E-state index is 0.283. The van der Waals surface area contributed by atoms with Gasteiger partial charge in [-0.3, -0.25) is 4.79 Å². The minimum Gasteiger partial charge on any atom is -0.374 e. The van der Waals surface area contributed by atoms with Gasteiger partial charge in [-0.05, 0) is 43.0 Å². The summed E-state index contributed by atoms with van der Waals surface area (Å²) in [5, 5.41) is 3.17. The predicted molar refractivity (Wildman–Crippen MR) is 70.8 cm³/mol. The van der Waals surface area contributed by atoms with E-state index >= 15 is 0 Å². The van der Waals surface area contributed by atoms with Gasteiger partial charge in [0.2, 0.25) is 5.91 Å². The third kappa shape index (κ3) is 4.14. The van der Waals surface area contributed by atoms with Gasteiger partial charge in [0.1, 0.15) is 6.04 Å². The Balaban J connectivity index is 2.64. The highest BCUT2D eigenvalue weighted by atomic mass is 32.2. The van der Waals surface area contributed by atoms with Crippen molar-refractivity contribution in [2.45, 2.75) is 19.4 Å². The molecule has 1 rings (SSSR count). The molecule has 1 atom stereocenters. The fraction of sp³-hybridized carbons (Fsp3) is 0.417. The van der Waals surface area contributed by atoms with Crippen LogP contribution < -0.4 is 11.1 Å². The minimum atomic E-state index is -0.296. The Labute approximate surface area is 101 Å². The summed E-state index contributed by atoms with van der Waals surface area (Å²) < 4.78 is 0. The number of anilines is 1. The SMILES string of the molecule is CSCCC(Nc1cccc(C)c1)C(N)=O. The Morgan fingerprint density at radius 3 is 2.88 bits per heavy atom. The number of thioether (sulfide) groups is 1. The van der Waals surface area contributed by atoms with Gasteiger partial charge < -0.3 is 11.1 Å². The lowest BCUT2D eigenvalue weighted by molar-refractivity contribution is -0.118. The van der Waals surface area contributed by atoms with Crippen LogP contribution in [0.2, 0.25) is 0 Å². The van der Waals surface area contributed by atoms with Gasteiger partial charge in [0.05, 0.1) is 0 Å². The summed E-state index contributed by atoms with van der Waals surface area (Å²) in [5.74, 6) is 0.627. The summed E-state index contributed by atoms with van der Waals surface area (Å²) in [4.78, 5) is 11.2. The van der Waals surface area contributed by atoms with E-state index < -0.39 is 0 Å². The van der Waals surface area contributed by atoms with Gasteiger partial charge in [-0.25, -0.2) is 0 Å². The molecule has 0 aliphatic carbocycles. The van der Waals surface area contributed by atoms with Gasteiger partial charge in [0.15, 0.2) is 0 Å². The zero-order valence-electron chi connectivity index (χ0n) is 9.69. The lowest BCUT2D eigenvalue weighted by atomic mass is 10.1. The van der Waals surface area contributed by atoms with Crippen molar-refractivity contribution < 1.29 is 4.79 Å². The quantitative estimate of drug-likeness (QED) is 0.797. The van der Waals surface area contributed by atoms with E-state index in [1.807, 2.05) is 37.4 Å². The first-order chi connectivity index (χ1) is 7.63. The second kappa shape index (κ2) is 6.43. The van der Waals surface area contributed by atoms with Crippen LogP contribution in [-0.4, -0.2) is 24.0 Å². The molecular weight excluding hydrogens is 220 g/mol. The molecule has 1 aromatic rings. The van der Waals surface area contributed by atoms with E-state index in [2.05, 4.69) is 5.32 Å². The van der Waals surface area contributed by atoms with Gasteiger partial charge >= 0.3 is 0 Å². The van der Waals surface area contributed by atoms with Gasteiger partial charge in [-0.2, -0.15) is 11.8 Å². The van der Waals surface area contributed by atoms with E-state index in [9.17, 15) is 4.79 Å². The van der Waals surface area contributed by atoms with Crippen molar-refractivity contribution in [3.8, 4) is 0 Å². The summed E-state index contributed by atoms with van der Waals surface area (Å²) in [6, 6.07) is 7.66. The monoisotopic (exact) mass is 238 g/mol. The number of nitrogens with two attached hydrogens (primary N) is 1. The molecule has 0 spiro atoms. The largest absolute Gasteiger partial charge is 0.374 e. The van der Waals surface area contributed by atoms with Gasteiger partial charge in [0.25, 0.3) is 0 Å². The summed E-state index contributed by atoms with van der Waals surface area (Å²) in [7, 11) is 0. The number of primary amides is 1. The van der Waals surface area contributed by atoms with Crippen LogP contribution in [0, 0.1) is 6.92 Å². The zero-order valence-corrected chi connectivity index (χ0v) is 10.5. The smallest absolute Gasteiger partial charge is 0.239 e. The van der Waals surface area contributed by atoms with Crippen LogP contribution in [0.4, 0.5) is 5.69 Å². The molecule has 1 amide bonds. The Kier molecular flexibility index (Phi) is 5.19. The molecule has 0 aliphatic rings. The Morgan fingerprint density at radius 1 is 1.56 bits per heavy atom. The van der Waals surface area contributed by atoms with Crippen molar-refractivity contribution in [2.24, 2.45) is 5.73 Å². The molecule has 0 aromatic heterocycles. The molecule has 3 N–H and O–H groups in total. The average molecular weight is 238 g/mol. The summed E-state index contributed by atoms with van der Waals surface area (Å²) >= 11 is 1.71. The van der Waals surface area contributed by atoms with Crippen molar-refractivity contribution in [3.05, 3.63) is 29.8 Å². The number of aryl methyl sites for hydroxylation is 1. The molecule has 16 heavy (non-hydrogen) atoms. The van der Waals surface area contributed by atoms with Gasteiger partial charge in [-0.15, -0.1) is 0 Å². The third-order valence-electron chi connectivity index (χ3n) is 2.31. The van der Waals surface area contributed by atoms with Crippen molar-refractivity contribution in [1.29, 1.82) is 0 Å². The van der Waals surface area contributed by atoms with E-state index in [4.69, 9.17) is 5.73 Å². The topological polar surface area (TPSA) is 55.1 Å². The van der Waals surface area contributed by atoms with E-state index in [1.165, 1.54) is 0 Å². The van der Waals surface area contributed by atoms with Crippen LogP contribution in [0.1, 0.15) is 12.0 Å². The highest BCUT2D eigenvalue weighted by molar-refractivity contribution is 7.98. The maximum Gasteiger partial charge on any atom is 0.239 e. The Hall–Kier alpha value is -1.16. The zero-order chi connectivity index (χ0) is 12.0. The summed E-state index contributed by atoms with van der Waals surface area (Å²) in [6.07, 6.45) is 2.77. The molecule has 4 heteroatoms. The fourth-order valence-corrected chi connectivity index (χ4v) is 1.93. The standard InChI is InChI=1S/C12H18N2OS/c1-9-4-3-5-10(8-9)14-11(12(13)15)6-7-16-2/h3-5,8,11,14H,6-7H2,1-2H3,(H2,13,15). The number of amides is 1. The van der Waals surface area contributed by atoms with E-state index in [0.29, 0.717) is 0 Å². The first-order valence-corrected chi connectivity index (χ1v) is 6.64. The van der Waals surface area contributed by atoms with Crippen LogP contribution in [-0.2, 0) is 4.79 Å². The fourth-order valence-electron chi connectivity index (χ4n) is 1.46. The number of nitrogens with one attached hydrogen (secondary N) is 1. The first kappa shape index (κ1) is 12.9. The summed E-state index contributed by atoms with van der Waals surface area (Å²) in [5.41, 5.74) is 7.47. The number of benzene rings is 1. The second-order valence-corrected chi connectivity index (χ2v) is 4.74. The van der Waals surface area contributed by atoms with Crippen LogP contribution in [0.3, 0.4) is 0 Å². The van der Waals surface area contributed by atoms with Crippen molar-refractivity contribution >= 4 is 23.4 Å². The summed E-state index contributed by atoms with van der Waals surface area (Å²) in [6.45, 7) is 2.02. The number of hydrogen-bond donors (Lipinski definition) is 2. The molecule has 0 fully saturated rings. The first-order valence-electron chi connectivity index (χ1n) is 5.25. The van der Waals surface area contributed by atoms with E-state index in [0.717, 1.165) is 23.4 Å². The second-order valence-electron chi connectivity index (χ2n) is 3.75. The molecule has 0 saturated carbocycles. The number of rotatable bonds is 6. The molecular formula is C12H18N2OS. The Bertz CT molecular complexity index is 355. The van der Waals surface area contributed by atoms with Gasteiger partial charge in [0, 0.05) is 5.69 Å².